The first-order valence-electron chi connectivity index (χ1n) is 10.1. The number of ether oxygens (including phenoxy) is 3. The molecule has 0 saturated carbocycles. The Morgan fingerprint density at radius 2 is 1.67 bits per heavy atom. The van der Waals surface area contributed by atoms with Gasteiger partial charge in [0, 0.05) is 24.9 Å². The molecule has 0 radical (unpaired) electrons. The molecule has 168 valence electrons. The molecule has 33 heavy (non-hydrogen) atoms. The molecular formula is C22H22N8O3. The topological polar surface area (TPSA) is 124 Å². The first kappa shape index (κ1) is 20.4. The Morgan fingerprint density at radius 1 is 0.909 bits per heavy atom. The monoisotopic (exact) mass is 446 g/mol. The molecule has 0 amide bonds. The zero-order valence-electron chi connectivity index (χ0n) is 18.5. The van der Waals surface area contributed by atoms with Gasteiger partial charge in [-0.1, -0.05) is 12.1 Å². The van der Waals surface area contributed by atoms with E-state index in [2.05, 4.69) is 35.6 Å². The summed E-state index contributed by atoms with van der Waals surface area (Å²) in [5.41, 5.74) is 3.71. The molecule has 11 nitrogen and oxygen atoms in total. The Morgan fingerprint density at radius 3 is 2.36 bits per heavy atom. The van der Waals surface area contributed by atoms with Crippen molar-refractivity contribution in [1.82, 2.24) is 29.5 Å². The molecule has 2 aromatic carbocycles. The van der Waals surface area contributed by atoms with Gasteiger partial charge in [-0.15, -0.1) is 0 Å². The minimum atomic E-state index is 0.350. The standard InChI is InChI=1S/C22H22N8O3/c1-30-14-8-6-5-7-13(14)26-22(30)29-21-27-19-17(23-11-24-19)20(28-21)25-12-9-15(31-2)18(33-4)16(10-12)32-3/h5-11H,1-4H3,(H3,23,24,25,26,27,28,29). The highest BCUT2D eigenvalue weighted by Crippen LogP contribution is 2.41. The summed E-state index contributed by atoms with van der Waals surface area (Å²) in [5.74, 6) is 3.03. The zero-order chi connectivity index (χ0) is 22.9. The minimum Gasteiger partial charge on any atom is -0.493 e. The van der Waals surface area contributed by atoms with E-state index < -0.39 is 0 Å². The predicted octanol–water partition coefficient (Wildman–Crippen LogP) is 3.75. The van der Waals surface area contributed by atoms with Crippen LogP contribution in [0.25, 0.3) is 22.2 Å². The summed E-state index contributed by atoms with van der Waals surface area (Å²) in [7, 11) is 6.63. The van der Waals surface area contributed by atoms with Gasteiger partial charge in [0.25, 0.3) is 0 Å². The van der Waals surface area contributed by atoms with Crippen LogP contribution in [-0.2, 0) is 7.05 Å². The number of aromatic amines is 1. The molecule has 11 heteroatoms. The summed E-state index contributed by atoms with van der Waals surface area (Å²) in [4.78, 5) is 21.2. The zero-order valence-corrected chi connectivity index (χ0v) is 18.5. The maximum absolute atomic E-state index is 5.45. The van der Waals surface area contributed by atoms with Crippen molar-refractivity contribution in [2.45, 2.75) is 0 Å². The number of rotatable bonds is 7. The average molecular weight is 446 g/mol. The van der Waals surface area contributed by atoms with Gasteiger partial charge in [0.05, 0.1) is 38.7 Å². The molecule has 0 aliphatic rings. The largest absolute Gasteiger partial charge is 0.493 e. The highest BCUT2D eigenvalue weighted by Gasteiger charge is 2.17. The smallest absolute Gasteiger partial charge is 0.233 e. The Bertz CT molecular complexity index is 1430. The number of nitrogens with zero attached hydrogens (tertiary/aromatic N) is 5. The van der Waals surface area contributed by atoms with Crippen LogP contribution < -0.4 is 24.8 Å². The Hall–Kier alpha value is -4.54. The summed E-state index contributed by atoms with van der Waals surface area (Å²) in [6, 6.07) is 11.5. The number of nitrogens with one attached hydrogen (secondary N) is 3. The second-order valence-corrected chi connectivity index (χ2v) is 7.14. The van der Waals surface area contributed by atoms with Crippen LogP contribution in [0, 0.1) is 0 Å². The van der Waals surface area contributed by atoms with Crippen LogP contribution in [0.5, 0.6) is 17.2 Å². The number of hydrogen-bond acceptors (Lipinski definition) is 9. The van der Waals surface area contributed by atoms with Crippen molar-refractivity contribution in [2.24, 2.45) is 7.05 Å². The van der Waals surface area contributed by atoms with Gasteiger partial charge >= 0.3 is 0 Å². The molecule has 0 aliphatic carbocycles. The lowest BCUT2D eigenvalue weighted by Crippen LogP contribution is -2.06. The molecule has 5 rings (SSSR count). The highest BCUT2D eigenvalue weighted by molar-refractivity contribution is 5.87. The maximum atomic E-state index is 5.45. The van der Waals surface area contributed by atoms with E-state index in [-0.39, 0.29) is 0 Å². The minimum absolute atomic E-state index is 0.350. The second kappa shape index (κ2) is 8.19. The summed E-state index contributed by atoms with van der Waals surface area (Å²) in [6.07, 6.45) is 1.57. The van der Waals surface area contributed by atoms with Gasteiger partial charge in [-0.05, 0) is 12.1 Å². The van der Waals surface area contributed by atoms with Crippen LogP contribution in [0.2, 0.25) is 0 Å². The van der Waals surface area contributed by atoms with E-state index in [1.54, 1.807) is 39.8 Å². The molecular weight excluding hydrogens is 424 g/mol. The van der Waals surface area contributed by atoms with Crippen LogP contribution in [0.3, 0.4) is 0 Å². The Kier molecular flexibility index (Phi) is 5.05. The van der Waals surface area contributed by atoms with Gasteiger partial charge in [0.2, 0.25) is 17.6 Å². The molecule has 5 aromatic rings. The van der Waals surface area contributed by atoms with Crippen molar-refractivity contribution in [3.63, 3.8) is 0 Å². The van der Waals surface area contributed by atoms with Gasteiger partial charge in [-0.25, -0.2) is 9.97 Å². The number of aryl methyl sites for hydroxylation is 1. The van der Waals surface area contributed by atoms with Gasteiger partial charge in [0.1, 0.15) is 5.52 Å². The molecule has 0 saturated heterocycles. The first-order chi connectivity index (χ1) is 16.1. The normalized spacial score (nSPS) is 11.0. The van der Waals surface area contributed by atoms with E-state index >= 15 is 0 Å². The van der Waals surface area contributed by atoms with Crippen molar-refractivity contribution in [1.29, 1.82) is 0 Å². The number of fused-ring (bicyclic) bond motifs is 2. The molecule has 0 spiro atoms. The maximum Gasteiger partial charge on any atom is 0.233 e. The number of H-pyrrole nitrogens is 1. The van der Waals surface area contributed by atoms with E-state index in [9.17, 15) is 0 Å². The number of aromatic nitrogens is 6. The molecule has 0 fully saturated rings. The summed E-state index contributed by atoms with van der Waals surface area (Å²) in [5, 5.41) is 6.50. The number of methoxy groups -OCH3 is 3. The van der Waals surface area contributed by atoms with Crippen LogP contribution >= 0.6 is 0 Å². The van der Waals surface area contributed by atoms with Crippen LogP contribution in [0.1, 0.15) is 0 Å². The van der Waals surface area contributed by atoms with Crippen LogP contribution in [0.4, 0.5) is 23.4 Å². The average Bonchev–Trinajstić information content (AvgIpc) is 3.43. The van der Waals surface area contributed by atoms with E-state index in [0.717, 1.165) is 11.0 Å². The van der Waals surface area contributed by atoms with Gasteiger partial charge in [0.15, 0.2) is 23.0 Å². The number of anilines is 4. The van der Waals surface area contributed by atoms with Crippen molar-refractivity contribution in [3.8, 4) is 17.2 Å². The third kappa shape index (κ3) is 3.59. The fourth-order valence-electron chi connectivity index (χ4n) is 3.63. The second-order valence-electron chi connectivity index (χ2n) is 7.14. The van der Waals surface area contributed by atoms with Crippen molar-refractivity contribution >= 4 is 45.6 Å². The molecule has 0 aliphatic heterocycles. The van der Waals surface area contributed by atoms with Gasteiger partial charge in [-0.2, -0.15) is 9.97 Å². The van der Waals surface area contributed by atoms with Gasteiger partial charge < -0.3 is 29.1 Å². The summed E-state index contributed by atoms with van der Waals surface area (Å²) >= 11 is 0. The van der Waals surface area contributed by atoms with E-state index in [0.29, 0.717) is 51.8 Å². The summed E-state index contributed by atoms with van der Waals surface area (Å²) < 4.78 is 18.3. The number of imidazole rings is 2. The van der Waals surface area contributed by atoms with Gasteiger partial charge in [-0.3, -0.25) is 5.32 Å². The lowest BCUT2D eigenvalue weighted by atomic mass is 10.2. The fourth-order valence-corrected chi connectivity index (χ4v) is 3.63. The fraction of sp³-hybridized carbons (Fsp3) is 0.182. The predicted molar refractivity (Wildman–Crippen MR) is 125 cm³/mol. The van der Waals surface area contributed by atoms with Crippen molar-refractivity contribution in [2.75, 3.05) is 32.0 Å². The molecule has 3 aromatic heterocycles. The molecule has 3 heterocycles. The third-order valence-corrected chi connectivity index (χ3v) is 5.22. The van der Waals surface area contributed by atoms with E-state index in [1.165, 1.54) is 0 Å². The van der Waals surface area contributed by atoms with Crippen molar-refractivity contribution < 1.29 is 14.2 Å². The molecule has 0 bridgehead atoms. The molecule has 0 atom stereocenters. The molecule has 3 N–H and O–H groups in total. The summed E-state index contributed by atoms with van der Waals surface area (Å²) in [6.45, 7) is 0. The molecule has 0 unspecified atom stereocenters. The lowest BCUT2D eigenvalue weighted by Gasteiger charge is -2.15. The Balaban J connectivity index is 1.54. The van der Waals surface area contributed by atoms with Crippen LogP contribution in [-0.4, -0.2) is 50.8 Å². The van der Waals surface area contributed by atoms with Crippen molar-refractivity contribution in [3.05, 3.63) is 42.7 Å². The SMILES string of the molecule is COc1cc(Nc2nc(Nc3nc4ccccc4n3C)nc3nc[nH]c23)cc(OC)c1OC. The first-order valence-corrected chi connectivity index (χ1v) is 10.1. The quantitative estimate of drug-likeness (QED) is 0.343. The van der Waals surface area contributed by atoms with E-state index in [4.69, 9.17) is 14.2 Å². The number of benzene rings is 2. The highest BCUT2D eigenvalue weighted by atomic mass is 16.5. The van der Waals surface area contributed by atoms with Crippen LogP contribution in [0.15, 0.2) is 42.7 Å². The lowest BCUT2D eigenvalue weighted by molar-refractivity contribution is 0.324. The third-order valence-electron chi connectivity index (χ3n) is 5.22. The number of hydrogen-bond donors (Lipinski definition) is 3. The number of para-hydroxylation sites is 2. The van der Waals surface area contributed by atoms with E-state index in [1.807, 2.05) is 35.9 Å². The Labute approximate surface area is 188 Å².